The standard InChI is InChI=1S/C9H9Cl2O2/c1-5(12)9(13)8-6(10)3-2-4-7(8)11/h2-5,9,12H,1H3/q-1/t5-,9+/m1/s1. The van der Waals surface area contributed by atoms with Gasteiger partial charge in [0.1, 0.15) is 0 Å². The molecule has 72 valence electrons. The first-order chi connectivity index (χ1) is 6.04. The van der Waals surface area contributed by atoms with Crippen LogP contribution in [0.4, 0.5) is 0 Å². The fraction of sp³-hybridized carbons (Fsp3) is 0.333. The number of halogens is 2. The van der Waals surface area contributed by atoms with E-state index in [-0.39, 0.29) is 5.56 Å². The fourth-order valence-electron chi connectivity index (χ4n) is 1.02. The Morgan fingerprint density at radius 2 is 1.77 bits per heavy atom. The summed E-state index contributed by atoms with van der Waals surface area (Å²) in [6.45, 7) is 1.41. The Morgan fingerprint density at radius 1 is 1.31 bits per heavy atom. The average Bonchev–Trinajstić information content (AvgIpc) is 2.03. The van der Waals surface area contributed by atoms with Gasteiger partial charge in [0, 0.05) is 16.1 Å². The molecule has 1 N–H and O–H groups in total. The van der Waals surface area contributed by atoms with Crippen LogP contribution in [0.15, 0.2) is 18.2 Å². The molecule has 13 heavy (non-hydrogen) atoms. The first kappa shape index (κ1) is 10.8. The van der Waals surface area contributed by atoms with Gasteiger partial charge < -0.3 is 10.2 Å². The van der Waals surface area contributed by atoms with Gasteiger partial charge in [-0.3, -0.25) is 0 Å². The molecule has 0 radical (unpaired) electrons. The zero-order valence-corrected chi connectivity index (χ0v) is 8.51. The second-order valence-electron chi connectivity index (χ2n) is 2.80. The molecule has 0 aliphatic heterocycles. The summed E-state index contributed by atoms with van der Waals surface area (Å²) < 4.78 is 0. The fourth-order valence-corrected chi connectivity index (χ4v) is 1.64. The first-order valence-electron chi connectivity index (χ1n) is 3.82. The minimum atomic E-state index is -1.29. The van der Waals surface area contributed by atoms with E-state index in [1.165, 1.54) is 6.92 Å². The molecule has 0 saturated carbocycles. The zero-order valence-electron chi connectivity index (χ0n) is 7.00. The number of aliphatic hydroxyl groups is 1. The normalized spacial score (nSPS) is 15.5. The molecule has 0 unspecified atom stereocenters. The van der Waals surface area contributed by atoms with E-state index in [4.69, 9.17) is 28.3 Å². The number of rotatable bonds is 2. The van der Waals surface area contributed by atoms with Gasteiger partial charge in [-0.2, -0.15) is 0 Å². The summed E-state index contributed by atoms with van der Waals surface area (Å²) in [4.78, 5) is 0. The van der Waals surface area contributed by atoms with E-state index >= 15 is 0 Å². The molecule has 0 aromatic heterocycles. The molecule has 1 rings (SSSR count). The molecule has 0 spiro atoms. The molecule has 0 bridgehead atoms. The van der Waals surface area contributed by atoms with Crippen molar-refractivity contribution in [3.8, 4) is 0 Å². The summed E-state index contributed by atoms with van der Waals surface area (Å²) in [6, 6.07) is 4.81. The molecule has 2 atom stereocenters. The van der Waals surface area contributed by atoms with Gasteiger partial charge in [-0.1, -0.05) is 35.4 Å². The van der Waals surface area contributed by atoms with Crippen LogP contribution in [0.5, 0.6) is 0 Å². The Labute approximate surface area is 86.7 Å². The largest absolute Gasteiger partial charge is 0.847 e. The predicted molar refractivity (Wildman–Crippen MR) is 50.9 cm³/mol. The van der Waals surface area contributed by atoms with Crippen LogP contribution in [-0.2, 0) is 0 Å². The Balaban J connectivity index is 3.12. The van der Waals surface area contributed by atoms with Gasteiger partial charge in [0.25, 0.3) is 0 Å². The second kappa shape index (κ2) is 4.29. The van der Waals surface area contributed by atoms with Crippen molar-refractivity contribution in [3.63, 3.8) is 0 Å². The molecule has 0 aliphatic carbocycles. The van der Waals surface area contributed by atoms with E-state index < -0.39 is 12.2 Å². The summed E-state index contributed by atoms with van der Waals surface area (Å²) in [5.74, 6) is 0. The van der Waals surface area contributed by atoms with Crippen LogP contribution < -0.4 is 5.11 Å². The molecule has 1 aromatic rings. The number of hydrogen-bond donors (Lipinski definition) is 1. The van der Waals surface area contributed by atoms with E-state index in [0.29, 0.717) is 10.0 Å². The van der Waals surface area contributed by atoms with E-state index in [9.17, 15) is 5.11 Å². The highest BCUT2D eigenvalue weighted by Gasteiger charge is 2.12. The van der Waals surface area contributed by atoms with Gasteiger partial charge in [0.05, 0.1) is 0 Å². The lowest BCUT2D eigenvalue weighted by molar-refractivity contribution is -0.443. The third kappa shape index (κ3) is 2.35. The van der Waals surface area contributed by atoms with Crippen molar-refractivity contribution in [2.75, 3.05) is 0 Å². The van der Waals surface area contributed by atoms with Gasteiger partial charge in [-0.15, -0.1) is 0 Å². The SMILES string of the molecule is C[C@@H](O)[C@H]([O-])c1c(Cl)cccc1Cl. The lowest BCUT2D eigenvalue weighted by Crippen LogP contribution is -2.27. The number of aliphatic hydroxyl groups excluding tert-OH is 1. The third-order valence-electron chi connectivity index (χ3n) is 1.72. The summed E-state index contributed by atoms with van der Waals surface area (Å²) in [7, 11) is 0. The van der Waals surface area contributed by atoms with Crippen molar-refractivity contribution in [2.45, 2.75) is 19.1 Å². The highest BCUT2D eigenvalue weighted by molar-refractivity contribution is 6.36. The van der Waals surface area contributed by atoms with Crippen LogP contribution in [0.1, 0.15) is 18.6 Å². The quantitative estimate of drug-likeness (QED) is 0.825. The van der Waals surface area contributed by atoms with E-state index in [1.807, 2.05) is 0 Å². The van der Waals surface area contributed by atoms with Crippen molar-refractivity contribution < 1.29 is 10.2 Å². The maximum absolute atomic E-state index is 11.5. The molecule has 0 heterocycles. The Kier molecular flexibility index (Phi) is 3.56. The van der Waals surface area contributed by atoms with Gasteiger partial charge in [-0.05, 0) is 24.6 Å². The molecule has 2 nitrogen and oxygen atoms in total. The Bertz CT molecular complexity index is 279. The average molecular weight is 220 g/mol. The predicted octanol–water partition coefficient (Wildman–Crippen LogP) is 1.78. The molecular weight excluding hydrogens is 211 g/mol. The van der Waals surface area contributed by atoms with E-state index in [2.05, 4.69) is 0 Å². The van der Waals surface area contributed by atoms with Crippen molar-refractivity contribution >= 4 is 23.2 Å². The molecule has 0 amide bonds. The Morgan fingerprint density at radius 3 is 2.15 bits per heavy atom. The van der Waals surface area contributed by atoms with Gasteiger partial charge in [0.2, 0.25) is 0 Å². The van der Waals surface area contributed by atoms with Gasteiger partial charge in [-0.25, -0.2) is 0 Å². The highest BCUT2D eigenvalue weighted by atomic mass is 35.5. The lowest BCUT2D eigenvalue weighted by Gasteiger charge is -2.27. The monoisotopic (exact) mass is 219 g/mol. The summed E-state index contributed by atoms with van der Waals surface area (Å²) in [6.07, 6.45) is -2.29. The lowest BCUT2D eigenvalue weighted by atomic mass is 10.1. The topological polar surface area (TPSA) is 43.3 Å². The summed E-state index contributed by atoms with van der Waals surface area (Å²) >= 11 is 11.5. The third-order valence-corrected chi connectivity index (χ3v) is 2.38. The first-order valence-corrected chi connectivity index (χ1v) is 4.57. The molecule has 0 saturated heterocycles. The maximum Gasteiger partial charge on any atom is 0.0442 e. The van der Waals surface area contributed by atoms with Crippen LogP contribution in [0.2, 0.25) is 10.0 Å². The van der Waals surface area contributed by atoms with Crippen molar-refractivity contribution in [1.29, 1.82) is 0 Å². The second-order valence-corrected chi connectivity index (χ2v) is 3.61. The summed E-state index contributed by atoms with van der Waals surface area (Å²) in [5.41, 5.74) is 0.265. The Hall–Kier alpha value is -0.280. The minimum Gasteiger partial charge on any atom is -0.847 e. The maximum atomic E-state index is 11.5. The van der Waals surface area contributed by atoms with Crippen LogP contribution >= 0.6 is 23.2 Å². The smallest absolute Gasteiger partial charge is 0.0442 e. The van der Waals surface area contributed by atoms with Gasteiger partial charge >= 0.3 is 0 Å². The zero-order chi connectivity index (χ0) is 10.0. The number of benzene rings is 1. The molecular formula is C9H9Cl2O2-. The molecule has 1 aromatic carbocycles. The van der Waals surface area contributed by atoms with Crippen molar-refractivity contribution in [1.82, 2.24) is 0 Å². The molecule has 0 fully saturated rings. The van der Waals surface area contributed by atoms with Crippen molar-refractivity contribution in [2.24, 2.45) is 0 Å². The van der Waals surface area contributed by atoms with Crippen LogP contribution in [0.25, 0.3) is 0 Å². The van der Waals surface area contributed by atoms with Crippen LogP contribution in [0, 0.1) is 0 Å². The van der Waals surface area contributed by atoms with Crippen LogP contribution in [0.3, 0.4) is 0 Å². The summed E-state index contributed by atoms with van der Waals surface area (Å²) in [5, 5.41) is 21.1. The minimum absolute atomic E-state index is 0.265. The van der Waals surface area contributed by atoms with Gasteiger partial charge in [0.15, 0.2) is 0 Å². The molecule has 0 aliphatic rings. The molecule has 4 heteroatoms. The van der Waals surface area contributed by atoms with Crippen molar-refractivity contribution in [3.05, 3.63) is 33.8 Å². The number of hydrogen-bond acceptors (Lipinski definition) is 2. The highest BCUT2D eigenvalue weighted by Crippen LogP contribution is 2.30. The van der Waals surface area contributed by atoms with E-state index in [0.717, 1.165) is 0 Å². The van der Waals surface area contributed by atoms with Crippen LogP contribution in [-0.4, -0.2) is 11.2 Å². The van der Waals surface area contributed by atoms with E-state index in [1.54, 1.807) is 18.2 Å².